The van der Waals surface area contributed by atoms with Crippen molar-refractivity contribution in [2.24, 2.45) is 4.99 Å². The molecule has 0 aliphatic carbocycles. The van der Waals surface area contributed by atoms with Crippen molar-refractivity contribution in [3.8, 4) is 11.3 Å². The quantitative estimate of drug-likeness (QED) is 0.240. The van der Waals surface area contributed by atoms with Gasteiger partial charge in [0, 0.05) is 25.8 Å². The van der Waals surface area contributed by atoms with Crippen LogP contribution in [0.15, 0.2) is 69.7 Å². The number of hydrogen-bond donors (Lipinski definition) is 0. The number of carbonyl (C=O) groups is 1. The number of esters is 1. The molecule has 2 heterocycles. The summed E-state index contributed by atoms with van der Waals surface area (Å²) in [5.41, 5.74) is 1.63. The average Bonchev–Trinajstić information content (AvgIpc) is 3.23. The smallest absolute Gasteiger partial charge is 0.363 e. The molecule has 0 saturated heterocycles. The van der Waals surface area contributed by atoms with E-state index >= 15 is 0 Å². The van der Waals surface area contributed by atoms with Crippen molar-refractivity contribution in [3.05, 3.63) is 85.2 Å². The van der Waals surface area contributed by atoms with Crippen molar-refractivity contribution in [1.82, 2.24) is 0 Å². The zero-order valence-corrected chi connectivity index (χ0v) is 17.2. The first kappa shape index (κ1) is 18.3. The van der Waals surface area contributed by atoms with Crippen LogP contribution in [-0.4, -0.2) is 11.9 Å². The van der Waals surface area contributed by atoms with Crippen LogP contribution in [0.2, 0.25) is 10.0 Å². The molecule has 1 aliphatic rings. The van der Waals surface area contributed by atoms with Crippen LogP contribution in [0.3, 0.4) is 0 Å². The van der Waals surface area contributed by atoms with E-state index in [1.807, 2.05) is 24.3 Å². The van der Waals surface area contributed by atoms with Gasteiger partial charge < -0.3 is 9.15 Å². The van der Waals surface area contributed by atoms with E-state index in [4.69, 9.17) is 32.4 Å². The predicted molar refractivity (Wildman–Crippen MR) is 114 cm³/mol. The minimum atomic E-state index is -0.522. The number of carbonyl (C=O) groups excluding carboxylic acids is 1. The second kappa shape index (κ2) is 7.50. The van der Waals surface area contributed by atoms with Crippen LogP contribution < -0.4 is 0 Å². The second-order valence-corrected chi connectivity index (χ2v) is 7.76. The Morgan fingerprint density at radius 1 is 1.04 bits per heavy atom. The monoisotopic (exact) mass is 509 g/mol. The third-order valence-electron chi connectivity index (χ3n) is 3.79. The Labute approximate surface area is 178 Å². The van der Waals surface area contributed by atoms with E-state index in [9.17, 15) is 4.79 Å². The molecule has 0 N–H and O–H groups in total. The lowest BCUT2D eigenvalue weighted by Gasteiger charge is -2.00. The lowest BCUT2D eigenvalue weighted by atomic mass is 10.2. The van der Waals surface area contributed by atoms with Gasteiger partial charge in [0.15, 0.2) is 5.70 Å². The molecule has 4 rings (SSSR count). The lowest BCUT2D eigenvalue weighted by molar-refractivity contribution is -0.129. The first-order valence-corrected chi connectivity index (χ1v) is 9.67. The number of aliphatic imine (C=N–C) groups is 1. The van der Waals surface area contributed by atoms with Crippen molar-refractivity contribution in [3.63, 3.8) is 0 Å². The first-order valence-electron chi connectivity index (χ1n) is 7.83. The Kier molecular flexibility index (Phi) is 5.08. The van der Waals surface area contributed by atoms with Crippen LogP contribution in [-0.2, 0) is 9.53 Å². The summed E-state index contributed by atoms with van der Waals surface area (Å²) in [4.78, 5) is 16.4. The maximum Gasteiger partial charge on any atom is 0.363 e. The maximum absolute atomic E-state index is 12.1. The first-order chi connectivity index (χ1) is 13.0. The molecule has 0 unspecified atom stereocenters. The number of cyclic esters (lactones) is 1. The summed E-state index contributed by atoms with van der Waals surface area (Å²) < 4.78 is 12.1. The van der Waals surface area contributed by atoms with Gasteiger partial charge in [-0.15, -0.1) is 0 Å². The van der Waals surface area contributed by atoms with Crippen LogP contribution in [0.1, 0.15) is 11.3 Å². The van der Waals surface area contributed by atoms with E-state index in [0.717, 1.165) is 9.13 Å². The highest BCUT2D eigenvalue weighted by Crippen LogP contribution is 2.32. The molecule has 3 aromatic rings. The van der Waals surface area contributed by atoms with Crippen LogP contribution in [0.5, 0.6) is 0 Å². The number of rotatable bonds is 3. The molecule has 2 aromatic carbocycles. The normalized spacial score (nSPS) is 15.1. The van der Waals surface area contributed by atoms with Crippen molar-refractivity contribution >= 4 is 63.7 Å². The number of furan rings is 1. The summed E-state index contributed by atoms with van der Waals surface area (Å²) in [5.74, 6) is 0.788. The number of ether oxygens (including phenoxy) is 1. The molecule has 0 amide bonds. The van der Waals surface area contributed by atoms with Crippen molar-refractivity contribution in [1.29, 1.82) is 0 Å². The fraction of sp³-hybridized carbons (Fsp3) is 0. The van der Waals surface area contributed by atoms with Crippen LogP contribution in [0.4, 0.5) is 0 Å². The average molecular weight is 510 g/mol. The van der Waals surface area contributed by atoms with Crippen LogP contribution in [0, 0.1) is 3.57 Å². The standard InChI is InChI=1S/C20H10Cl2INO3/c21-12-4-6-15(16(22)9-12)18-7-5-14(26-18)10-17-20(25)27-19(24-17)11-2-1-3-13(23)8-11/h1-10H/b17-10-. The fourth-order valence-electron chi connectivity index (χ4n) is 2.55. The van der Waals surface area contributed by atoms with E-state index in [0.29, 0.717) is 27.1 Å². The van der Waals surface area contributed by atoms with Gasteiger partial charge in [0.1, 0.15) is 11.5 Å². The van der Waals surface area contributed by atoms with Gasteiger partial charge in [0.2, 0.25) is 5.90 Å². The third kappa shape index (κ3) is 3.95. The van der Waals surface area contributed by atoms with Gasteiger partial charge in [-0.2, -0.15) is 0 Å². The number of halogens is 3. The minimum absolute atomic E-state index is 0.173. The van der Waals surface area contributed by atoms with Crippen LogP contribution >= 0.6 is 45.8 Å². The van der Waals surface area contributed by atoms with E-state index in [-0.39, 0.29) is 11.6 Å². The van der Waals surface area contributed by atoms with Crippen LogP contribution in [0.25, 0.3) is 17.4 Å². The Balaban J connectivity index is 1.64. The Bertz CT molecular complexity index is 1120. The van der Waals surface area contributed by atoms with Gasteiger partial charge in [-0.3, -0.25) is 0 Å². The molecular weight excluding hydrogens is 500 g/mol. The van der Waals surface area contributed by atoms with Crippen molar-refractivity contribution < 1.29 is 13.9 Å². The van der Waals surface area contributed by atoms with Gasteiger partial charge in [-0.1, -0.05) is 29.3 Å². The number of hydrogen-bond acceptors (Lipinski definition) is 4. The van der Waals surface area contributed by atoms with Gasteiger partial charge in [-0.05, 0) is 71.1 Å². The minimum Gasteiger partial charge on any atom is -0.457 e. The Hall–Kier alpha value is -2.09. The Morgan fingerprint density at radius 2 is 1.89 bits per heavy atom. The lowest BCUT2D eigenvalue weighted by Crippen LogP contribution is -2.05. The summed E-state index contributed by atoms with van der Waals surface area (Å²) in [6.07, 6.45) is 1.54. The van der Waals surface area contributed by atoms with Gasteiger partial charge in [0.05, 0.1) is 5.02 Å². The summed E-state index contributed by atoms with van der Waals surface area (Å²) in [7, 11) is 0. The SMILES string of the molecule is O=C1OC(c2cccc(I)c2)=N/C1=C\c1ccc(-c2ccc(Cl)cc2Cl)o1. The van der Waals surface area contributed by atoms with Crippen molar-refractivity contribution in [2.45, 2.75) is 0 Å². The zero-order chi connectivity index (χ0) is 19.0. The molecular formula is C20H10Cl2INO3. The molecule has 1 aromatic heterocycles. The summed E-state index contributed by atoms with van der Waals surface area (Å²) >= 11 is 14.3. The summed E-state index contributed by atoms with van der Waals surface area (Å²) in [5, 5.41) is 1.03. The zero-order valence-electron chi connectivity index (χ0n) is 13.6. The number of benzene rings is 2. The molecule has 7 heteroatoms. The van der Waals surface area contributed by atoms with Crippen molar-refractivity contribution in [2.75, 3.05) is 0 Å². The second-order valence-electron chi connectivity index (χ2n) is 5.67. The van der Waals surface area contributed by atoms with E-state index in [1.165, 1.54) is 6.08 Å². The molecule has 0 atom stereocenters. The largest absolute Gasteiger partial charge is 0.457 e. The maximum atomic E-state index is 12.1. The van der Waals surface area contributed by atoms with E-state index in [2.05, 4.69) is 27.6 Å². The highest BCUT2D eigenvalue weighted by Gasteiger charge is 2.24. The molecule has 0 spiro atoms. The molecule has 27 heavy (non-hydrogen) atoms. The molecule has 4 nitrogen and oxygen atoms in total. The summed E-state index contributed by atoms with van der Waals surface area (Å²) in [6.45, 7) is 0. The summed E-state index contributed by atoms with van der Waals surface area (Å²) in [6, 6.07) is 16.2. The Morgan fingerprint density at radius 3 is 2.67 bits per heavy atom. The molecule has 0 radical (unpaired) electrons. The predicted octanol–water partition coefficient (Wildman–Crippen LogP) is 6.20. The number of nitrogens with zero attached hydrogens (tertiary/aromatic N) is 1. The molecule has 1 aliphatic heterocycles. The molecule has 0 saturated carbocycles. The highest BCUT2D eigenvalue weighted by molar-refractivity contribution is 14.1. The fourth-order valence-corrected chi connectivity index (χ4v) is 3.60. The van der Waals surface area contributed by atoms with Gasteiger partial charge in [0.25, 0.3) is 0 Å². The van der Waals surface area contributed by atoms with E-state index in [1.54, 1.807) is 30.3 Å². The molecule has 0 bridgehead atoms. The van der Waals surface area contributed by atoms with Gasteiger partial charge in [-0.25, -0.2) is 9.79 Å². The topological polar surface area (TPSA) is 51.8 Å². The highest BCUT2D eigenvalue weighted by atomic mass is 127. The molecule has 134 valence electrons. The van der Waals surface area contributed by atoms with E-state index < -0.39 is 5.97 Å². The third-order valence-corrected chi connectivity index (χ3v) is 5.01. The molecule has 0 fully saturated rings. The van der Waals surface area contributed by atoms with Gasteiger partial charge >= 0.3 is 5.97 Å².